The number of methoxy groups -OCH3 is 1. The summed E-state index contributed by atoms with van der Waals surface area (Å²) in [5.41, 5.74) is 4.57. The third-order valence-electron chi connectivity index (χ3n) is 3.29. The van der Waals surface area contributed by atoms with Crippen LogP contribution in [0, 0.1) is 0 Å². The molecule has 21 heavy (non-hydrogen) atoms. The van der Waals surface area contributed by atoms with E-state index in [-0.39, 0.29) is 11.5 Å². The van der Waals surface area contributed by atoms with Gasteiger partial charge >= 0.3 is 0 Å². The van der Waals surface area contributed by atoms with Crippen molar-refractivity contribution >= 4 is 11.5 Å². The molecule has 8 heteroatoms. The SMILES string of the molecule is CCn1ncc(OC)c1C(NN)c1snnc1C(C)(C)C. The molecule has 2 heterocycles. The molecule has 0 amide bonds. The first-order chi connectivity index (χ1) is 9.93. The minimum atomic E-state index is -0.253. The maximum absolute atomic E-state index is 5.82. The highest BCUT2D eigenvalue weighted by Gasteiger charge is 2.31. The maximum atomic E-state index is 5.82. The van der Waals surface area contributed by atoms with Gasteiger partial charge in [0.2, 0.25) is 0 Å². The molecule has 0 aliphatic heterocycles. The molecule has 2 aromatic heterocycles. The standard InChI is InChI=1S/C13H22N6OS/c1-6-19-10(8(20-5)7-15-19)9(16-14)11-12(13(2,3)4)17-18-21-11/h7,9,16H,6,14H2,1-5H3. The molecule has 0 saturated heterocycles. The lowest BCUT2D eigenvalue weighted by molar-refractivity contribution is 0.399. The summed E-state index contributed by atoms with van der Waals surface area (Å²) in [6.07, 6.45) is 1.70. The van der Waals surface area contributed by atoms with Crippen molar-refractivity contribution in [2.45, 2.75) is 45.7 Å². The van der Waals surface area contributed by atoms with E-state index in [1.165, 1.54) is 11.5 Å². The van der Waals surface area contributed by atoms with Crippen molar-refractivity contribution in [2.24, 2.45) is 5.84 Å². The Morgan fingerprint density at radius 2 is 2.19 bits per heavy atom. The van der Waals surface area contributed by atoms with Gasteiger partial charge in [0.1, 0.15) is 11.7 Å². The summed E-state index contributed by atoms with van der Waals surface area (Å²) in [6.45, 7) is 9.08. The number of hydrogen-bond donors (Lipinski definition) is 2. The largest absolute Gasteiger partial charge is 0.493 e. The van der Waals surface area contributed by atoms with Gasteiger partial charge in [-0.15, -0.1) is 5.10 Å². The van der Waals surface area contributed by atoms with Crippen LogP contribution in [0.3, 0.4) is 0 Å². The average Bonchev–Trinajstić information content (AvgIpc) is 3.06. The second-order valence-corrected chi connectivity index (χ2v) is 6.54. The van der Waals surface area contributed by atoms with Crippen molar-refractivity contribution in [2.75, 3.05) is 7.11 Å². The fraction of sp³-hybridized carbons (Fsp3) is 0.615. The molecule has 0 fully saturated rings. The summed E-state index contributed by atoms with van der Waals surface area (Å²) in [5, 5.41) is 8.62. The summed E-state index contributed by atoms with van der Waals surface area (Å²) in [7, 11) is 1.63. The zero-order valence-electron chi connectivity index (χ0n) is 13.0. The van der Waals surface area contributed by atoms with Crippen molar-refractivity contribution in [3.63, 3.8) is 0 Å². The first kappa shape index (κ1) is 15.9. The smallest absolute Gasteiger partial charge is 0.162 e. The monoisotopic (exact) mass is 310 g/mol. The minimum Gasteiger partial charge on any atom is -0.493 e. The molecular formula is C13H22N6OS. The molecule has 1 unspecified atom stereocenters. The molecule has 2 rings (SSSR count). The fourth-order valence-electron chi connectivity index (χ4n) is 2.26. The number of aromatic nitrogens is 4. The van der Waals surface area contributed by atoms with E-state index >= 15 is 0 Å². The number of nitrogens with two attached hydrogens (primary N) is 1. The highest BCUT2D eigenvalue weighted by molar-refractivity contribution is 7.05. The van der Waals surface area contributed by atoms with Crippen LogP contribution in [-0.2, 0) is 12.0 Å². The zero-order valence-corrected chi connectivity index (χ0v) is 13.9. The van der Waals surface area contributed by atoms with Gasteiger partial charge in [-0.05, 0) is 18.5 Å². The van der Waals surface area contributed by atoms with Crippen LogP contribution in [0.4, 0.5) is 0 Å². The first-order valence-electron chi connectivity index (χ1n) is 6.82. The normalized spacial score (nSPS) is 13.4. The van der Waals surface area contributed by atoms with Gasteiger partial charge in [-0.3, -0.25) is 10.5 Å². The third kappa shape index (κ3) is 2.92. The van der Waals surface area contributed by atoms with E-state index in [1.54, 1.807) is 13.3 Å². The minimum absolute atomic E-state index is 0.109. The Balaban J connectivity index is 2.56. The molecular weight excluding hydrogens is 288 g/mol. The van der Waals surface area contributed by atoms with Crippen LogP contribution in [0.1, 0.15) is 50.0 Å². The number of ether oxygens (including phenoxy) is 1. The van der Waals surface area contributed by atoms with E-state index in [1.807, 2.05) is 11.6 Å². The Labute approximate surface area is 128 Å². The van der Waals surface area contributed by atoms with E-state index in [4.69, 9.17) is 10.6 Å². The Morgan fingerprint density at radius 1 is 1.48 bits per heavy atom. The van der Waals surface area contributed by atoms with E-state index < -0.39 is 0 Å². The Hall–Kier alpha value is -1.51. The quantitative estimate of drug-likeness (QED) is 0.644. The van der Waals surface area contributed by atoms with Crippen LogP contribution < -0.4 is 16.0 Å². The van der Waals surface area contributed by atoms with Gasteiger partial charge in [-0.1, -0.05) is 25.3 Å². The summed E-state index contributed by atoms with van der Waals surface area (Å²) < 4.78 is 11.4. The number of aryl methyl sites for hydroxylation is 1. The highest BCUT2D eigenvalue weighted by atomic mass is 32.1. The molecule has 7 nitrogen and oxygen atoms in total. The van der Waals surface area contributed by atoms with Crippen LogP contribution in [-0.4, -0.2) is 26.5 Å². The van der Waals surface area contributed by atoms with Gasteiger partial charge in [0.05, 0.1) is 23.9 Å². The molecule has 0 aliphatic carbocycles. The second kappa shape index (κ2) is 6.08. The molecule has 0 saturated carbocycles. The lowest BCUT2D eigenvalue weighted by Crippen LogP contribution is -2.32. The van der Waals surface area contributed by atoms with Crippen molar-refractivity contribution in [3.8, 4) is 5.75 Å². The second-order valence-electron chi connectivity index (χ2n) is 5.75. The van der Waals surface area contributed by atoms with Crippen molar-refractivity contribution < 1.29 is 4.74 Å². The summed E-state index contributed by atoms with van der Waals surface area (Å²) in [5.74, 6) is 6.52. The molecule has 1 atom stereocenters. The van der Waals surface area contributed by atoms with Gasteiger partial charge in [0.15, 0.2) is 5.75 Å². The highest BCUT2D eigenvalue weighted by Crippen LogP contribution is 2.36. The Kier molecular flexibility index (Phi) is 4.60. The molecule has 0 aromatic carbocycles. The van der Waals surface area contributed by atoms with Crippen LogP contribution in [0.15, 0.2) is 6.20 Å². The van der Waals surface area contributed by atoms with Crippen molar-refractivity contribution in [3.05, 3.63) is 22.5 Å². The predicted molar refractivity (Wildman–Crippen MR) is 82.2 cm³/mol. The van der Waals surface area contributed by atoms with Crippen LogP contribution in [0.25, 0.3) is 0 Å². The van der Waals surface area contributed by atoms with Crippen molar-refractivity contribution in [1.29, 1.82) is 0 Å². The van der Waals surface area contributed by atoms with E-state index in [2.05, 4.69) is 40.9 Å². The maximum Gasteiger partial charge on any atom is 0.162 e. The molecule has 0 bridgehead atoms. The molecule has 0 aliphatic rings. The van der Waals surface area contributed by atoms with E-state index in [0.29, 0.717) is 5.75 Å². The van der Waals surface area contributed by atoms with E-state index in [9.17, 15) is 0 Å². The summed E-state index contributed by atoms with van der Waals surface area (Å²) in [4.78, 5) is 0.985. The number of nitrogens with one attached hydrogen (secondary N) is 1. The summed E-state index contributed by atoms with van der Waals surface area (Å²) in [6, 6.07) is -0.253. The lowest BCUT2D eigenvalue weighted by Gasteiger charge is -2.22. The van der Waals surface area contributed by atoms with Gasteiger partial charge in [0, 0.05) is 12.0 Å². The topological polar surface area (TPSA) is 90.9 Å². The average molecular weight is 310 g/mol. The Morgan fingerprint density at radius 3 is 2.71 bits per heavy atom. The van der Waals surface area contributed by atoms with Crippen LogP contribution in [0.2, 0.25) is 0 Å². The van der Waals surface area contributed by atoms with Gasteiger partial charge in [0.25, 0.3) is 0 Å². The molecule has 3 N–H and O–H groups in total. The van der Waals surface area contributed by atoms with Crippen LogP contribution >= 0.6 is 11.5 Å². The summed E-state index contributed by atoms with van der Waals surface area (Å²) >= 11 is 1.35. The molecule has 2 aromatic rings. The zero-order chi connectivity index (χ0) is 15.6. The van der Waals surface area contributed by atoms with Gasteiger partial charge < -0.3 is 4.74 Å². The van der Waals surface area contributed by atoms with Crippen molar-refractivity contribution in [1.82, 2.24) is 24.8 Å². The molecule has 0 radical (unpaired) electrons. The number of nitrogens with zero attached hydrogens (tertiary/aromatic N) is 4. The molecule has 0 spiro atoms. The number of rotatable bonds is 5. The third-order valence-corrected chi connectivity index (χ3v) is 4.08. The molecule has 116 valence electrons. The van der Waals surface area contributed by atoms with Gasteiger partial charge in [-0.25, -0.2) is 5.43 Å². The Bertz CT molecular complexity index is 579. The van der Waals surface area contributed by atoms with Crippen LogP contribution in [0.5, 0.6) is 5.75 Å². The van der Waals surface area contributed by atoms with Gasteiger partial charge in [-0.2, -0.15) is 5.10 Å². The lowest BCUT2D eigenvalue weighted by atomic mass is 9.89. The number of hydrogen-bond acceptors (Lipinski definition) is 7. The fourth-order valence-corrected chi connectivity index (χ4v) is 3.19. The van der Waals surface area contributed by atoms with E-state index in [0.717, 1.165) is 22.8 Å². The number of hydrazine groups is 1. The predicted octanol–water partition coefficient (Wildman–Crippen LogP) is 1.61. The first-order valence-corrected chi connectivity index (χ1v) is 7.59.